The largest absolute Gasteiger partial charge is 0.444 e. The van der Waals surface area contributed by atoms with E-state index in [2.05, 4.69) is 10.6 Å². The maximum atomic E-state index is 11.9. The number of alkyl carbamates (subject to hydrolysis) is 1. The monoisotopic (exact) mass is 324 g/mol. The van der Waals surface area contributed by atoms with Gasteiger partial charge in [-0.15, -0.1) is 0 Å². The Morgan fingerprint density at radius 3 is 2.50 bits per heavy atom. The lowest BCUT2D eigenvalue weighted by Crippen LogP contribution is -2.45. The molecular weight excluding hydrogens is 300 g/mol. The number of hydrogen-bond acceptors (Lipinski definition) is 3. The molecule has 0 aliphatic heterocycles. The van der Waals surface area contributed by atoms with Crippen molar-refractivity contribution in [2.75, 3.05) is 6.54 Å². The molecule has 1 atom stereocenters. The van der Waals surface area contributed by atoms with E-state index in [1.54, 1.807) is 0 Å². The molecule has 1 aliphatic rings. The second-order valence-corrected chi connectivity index (χ2v) is 7.28. The van der Waals surface area contributed by atoms with Crippen LogP contribution in [0.15, 0.2) is 24.3 Å². The summed E-state index contributed by atoms with van der Waals surface area (Å²) in [6.45, 7) is 7.12. The zero-order valence-electron chi connectivity index (χ0n) is 13.5. The number of carbonyl (C=O) groups is 1. The van der Waals surface area contributed by atoms with Crippen molar-refractivity contribution in [3.8, 4) is 0 Å². The van der Waals surface area contributed by atoms with Gasteiger partial charge in [-0.3, -0.25) is 0 Å². The van der Waals surface area contributed by atoms with Crippen molar-refractivity contribution in [1.82, 2.24) is 10.6 Å². The molecule has 0 bridgehead atoms. The molecular formula is C17H25ClN2O2. The van der Waals surface area contributed by atoms with Gasteiger partial charge in [0, 0.05) is 24.2 Å². The fourth-order valence-corrected chi connectivity index (χ4v) is 2.39. The lowest BCUT2D eigenvalue weighted by Gasteiger charge is -2.24. The van der Waals surface area contributed by atoms with Gasteiger partial charge in [0.25, 0.3) is 0 Å². The van der Waals surface area contributed by atoms with Crippen molar-refractivity contribution in [2.24, 2.45) is 5.92 Å². The molecule has 1 amide bonds. The average molecular weight is 325 g/mol. The van der Waals surface area contributed by atoms with Crippen LogP contribution in [0, 0.1) is 5.92 Å². The molecule has 0 heterocycles. The molecule has 4 nitrogen and oxygen atoms in total. The standard InChI is InChI=1S/C17H25ClN2O2/c1-17(2,3)22-16(21)20-15(13-6-7-13)11-19-10-12-4-8-14(18)9-5-12/h4-5,8-9,13,15,19H,6-7,10-11H2,1-3H3,(H,20,21). The first-order valence-corrected chi connectivity index (χ1v) is 8.16. The number of halogens is 1. The predicted octanol–water partition coefficient (Wildman–Crippen LogP) is 3.73. The molecule has 1 aliphatic carbocycles. The van der Waals surface area contributed by atoms with E-state index in [1.807, 2.05) is 45.0 Å². The molecule has 22 heavy (non-hydrogen) atoms. The van der Waals surface area contributed by atoms with Crippen LogP contribution in [0.2, 0.25) is 5.02 Å². The zero-order chi connectivity index (χ0) is 16.2. The first-order chi connectivity index (χ1) is 10.3. The third kappa shape index (κ3) is 6.24. The van der Waals surface area contributed by atoms with E-state index in [0.29, 0.717) is 5.92 Å². The number of ether oxygens (including phenoxy) is 1. The summed E-state index contributed by atoms with van der Waals surface area (Å²) in [5, 5.41) is 7.13. The summed E-state index contributed by atoms with van der Waals surface area (Å²) in [7, 11) is 0. The van der Waals surface area contributed by atoms with Crippen LogP contribution in [0.25, 0.3) is 0 Å². The molecule has 5 heteroatoms. The third-order valence-corrected chi connectivity index (χ3v) is 3.75. The Bertz CT molecular complexity index is 492. The Hall–Kier alpha value is -1.26. The second-order valence-electron chi connectivity index (χ2n) is 6.85. The van der Waals surface area contributed by atoms with Crippen molar-refractivity contribution in [3.63, 3.8) is 0 Å². The van der Waals surface area contributed by atoms with Crippen LogP contribution in [0.5, 0.6) is 0 Å². The van der Waals surface area contributed by atoms with Crippen LogP contribution < -0.4 is 10.6 Å². The zero-order valence-corrected chi connectivity index (χ0v) is 14.2. The summed E-state index contributed by atoms with van der Waals surface area (Å²) < 4.78 is 5.33. The summed E-state index contributed by atoms with van der Waals surface area (Å²) in [5.41, 5.74) is 0.714. The summed E-state index contributed by atoms with van der Waals surface area (Å²) in [6, 6.07) is 7.90. The van der Waals surface area contributed by atoms with Gasteiger partial charge in [-0.25, -0.2) is 4.79 Å². The van der Waals surface area contributed by atoms with Crippen molar-refractivity contribution in [3.05, 3.63) is 34.9 Å². The van der Waals surface area contributed by atoms with E-state index in [0.717, 1.165) is 18.1 Å². The Morgan fingerprint density at radius 1 is 1.32 bits per heavy atom. The molecule has 1 fully saturated rings. The van der Waals surface area contributed by atoms with Crippen molar-refractivity contribution < 1.29 is 9.53 Å². The Kier molecular flexibility index (Phi) is 5.70. The molecule has 2 N–H and O–H groups in total. The van der Waals surface area contributed by atoms with Gasteiger partial charge in [-0.05, 0) is 57.2 Å². The van der Waals surface area contributed by atoms with Crippen LogP contribution in [0.1, 0.15) is 39.2 Å². The van der Waals surface area contributed by atoms with Gasteiger partial charge < -0.3 is 15.4 Å². The summed E-state index contributed by atoms with van der Waals surface area (Å²) in [6.07, 6.45) is 2.00. The molecule has 1 aromatic carbocycles. The highest BCUT2D eigenvalue weighted by Crippen LogP contribution is 2.32. The number of carbonyl (C=O) groups excluding carboxylic acids is 1. The first kappa shape index (κ1) is 17.1. The van der Waals surface area contributed by atoms with Gasteiger partial charge in [0.1, 0.15) is 5.60 Å². The number of benzene rings is 1. The molecule has 2 rings (SSSR count). The maximum absolute atomic E-state index is 11.9. The molecule has 1 unspecified atom stereocenters. The minimum absolute atomic E-state index is 0.127. The highest BCUT2D eigenvalue weighted by atomic mass is 35.5. The lowest BCUT2D eigenvalue weighted by atomic mass is 10.1. The predicted molar refractivity (Wildman–Crippen MR) is 89.0 cm³/mol. The minimum atomic E-state index is -0.463. The molecule has 0 aromatic heterocycles. The van der Waals surface area contributed by atoms with Crippen LogP contribution in [0.3, 0.4) is 0 Å². The molecule has 1 aromatic rings. The van der Waals surface area contributed by atoms with E-state index in [4.69, 9.17) is 16.3 Å². The fraction of sp³-hybridized carbons (Fsp3) is 0.588. The third-order valence-electron chi connectivity index (χ3n) is 3.50. The van der Waals surface area contributed by atoms with Gasteiger partial charge in [-0.1, -0.05) is 23.7 Å². The molecule has 0 radical (unpaired) electrons. The van der Waals surface area contributed by atoms with Crippen LogP contribution >= 0.6 is 11.6 Å². The highest BCUT2D eigenvalue weighted by molar-refractivity contribution is 6.30. The molecule has 1 saturated carbocycles. The average Bonchev–Trinajstić information content (AvgIpc) is 3.22. The molecule has 0 saturated heterocycles. The molecule has 0 spiro atoms. The highest BCUT2D eigenvalue weighted by Gasteiger charge is 2.33. The van der Waals surface area contributed by atoms with E-state index < -0.39 is 5.60 Å². The Balaban J connectivity index is 1.77. The fourth-order valence-electron chi connectivity index (χ4n) is 2.27. The van der Waals surface area contributed by atoms with Gasteiger partial charge in [-0.2, -0.15) is 0 Å². The normalized spacial score (nSPS) is 16.2. The number of rotatable bonds is 6. The number of hydrogen-bond donors (Lipinski definition) is 2. The van der Waals surface area contributed by atoms with E-state index in [-0.39, 0.29) is 12.1 Å². The summed E-state index contributed by atoms with van der Waals surface area (Å²) >= 11 is 5.87. The first-order valence-electron chi connectivity index (χ1n) is 7.78. The van der Waals surface area contributed by atoms with Crippen LogP contribution in [0.4, 0.5) is 4.79 Å². The lowest BCUT2D eigenvalue weighted by molar-refractivity contribution is 0.0497. The minimum Gasteiger partial charge on any atom is -0.444 e. The summed E-state index contributed by atoms with van der Waals surface area (Å²) in [4.78, 5) is 11.9. The van der Waals surface area contributed by atoms with E-state index in [9.17, 15) is 4.79 Å². The number of amides is 1. The summed E-state index contributed by atoms with van der Waals surface area (Å²) in [5.74, 6) is 0.560. The Morgan fingerprint density at radius 2 is 1.95 bits per heavy atom. The van der Waals surface area contributed by atoms with Crippen molar-refractivity contribution >= 4 is 17.7 Å². The van der Waals surface area contributed by atoms with Crippen LogP contribution in [-0.2, 0) is 11.3 Å². The second kappa shape index (κ2) is 7.34. The SMILES string of the molecule is CC(C)(C)OC(=O)NC(CNCc1ccc(Cl)cc1)C1CC1. The van der Waals surface area contributed by atoms with E-state index in [1.165, 1.54) is 18.4 Å². The quantitative estimate of drug-likeness (QED) is 0.838. The van der Waals surface area contributed by atoms with Crippen molar-refractivity contribution in [2.45, 2.75) is 51.8 Å². The molecule has 122 valence electrons. The van der Waals surface area contributed by atoms with Crippen LogP contribution in [-0.4, -0.2) is 24.3 Å². The van der Waals surface area contributed by atoms with Crippen molar-refractivity contribution in [1.29, 1.82) is 0 Å². The number of nitrogens with one attached hydrogen (secondary N) is 2. The van der Waals surface area contributed by atoms with Gasteiger partial charge in [0.2, 0.25) is 0 Å². The van der Waals surface area contributed by atoms with E-state index >= 15 is 0 Å². The van der Waals surface area contributed by atoms with Gasteiger partial charge in [0.05, 0.1) is 0 Å². The maximum Gasteiger partial charge on any atom is 0.407 e. The smallest absolute Gasteiger partial charge is 0.407 e. The van der Waals surface area contributed by atoms with Gasteiger partial charge >= 0.3 is 6.09 Å². The topological polar surface area (TPSA) is 50.4 Å². The Labute approximate surface area is 137 Å². The van der Waals surface area contributed by atoms with Gasteiger partial charge in [0.15, 0.2) is 0 Å².